The number of nitrogens with one attached hydrogen (secondary N) is 2. The first-order valence-electron chi connectivity index (χ1n) is 10.5. The van der Waals surface area contributed by atoms with Crippen molar-refractivity contribution >= 4 is 57.9 Å². The van der Waals surface area contributed by atoms with Crippen LogP contribution in [0.3, 0.4) is 0 Å². The predicted octanol–water partition coefficient (Wildman–Crippen LogP) is 3.89. The van der Waals surface area contributed by atoms with E-state index in [9.17, 15) is 9.90 Å². The first kappa shape index (κ1) is 22.6. The van der Waals surface area contributed by atoms with Crippen LogP contribution in [0.1, 0.15) is 38.6 Å². The minimum absolute atomic E-state index is 0.0420. The lowest BCUT2D eigenvalue weighted by Crippen LogP contribution is -2.29. The minimum Gasteiger partial charge on any atom is -0.394 e. The van der Waals surface area contributed by atoms with Crippen LogP contribution in [0.5, 0.6) is 0 Å². The molecule has 0 spiro atoms. The van der Waals surface area contributed by atoms with E-state index in [-0.39, 0.29) is 30.5 Å². The van der Waals surface area contributed by atoms with Crippen LogP contribution in [0.4, 0.5) is 17.6 Å². The second-order valence-electron chi connectivity index (χ2n) is 8.09. The number of halogens is 2. The van der Waals surface area contributed by atoms with Crippen LogP contribution in [-0.4, -0.2) is 43.2 Å². The summed E-state index contributed by atoms with van der Waals surface area (Å²) in [6.45, 7) is 1.80. The molecule has 1 aliphatic carbocycles. The second kappa shape index (κ2) is 9.48. The van der Waals surface area contributed by atoms with E-state index < -0.39 is 0 Å². The fraction of sp³-hybridized carbons (Fsp3) is 0.429. The Morgan fingerprint density at radius 2 is 2.03 bits per heavy atom. The van der Waals surface area contributed by atoms with Crippen molar-refractivity contribution in [2.45, 2.75) is 44.7 Å². The van der Waals surface area contributed by atoms with E-state index in [1.54, 1.807) is 24.4 Å². The average Bonchev–Trinajstić information content (AvgIpc) is 3.12. The van der Waals surface area contributed by atoms with Gasteiger partial charge in [-0.15, -0.1) is 0 Å². The summed E-state index contributed by atoms with van der Waals surface area (Å²) in [6, 6.07) is 5.08. The topological polar surface area (TPSA) is 131 Å². The summed E-state index contributed by atoms with van der Waals surface area (Å²) in [5, 5.41) is 16.7. The Balaban J connectivity index is 1.74. The highest BCUT2D eigenvalue weighted by atomic mass is 35.5. The van der Waals surface area contributed by atoms with Gasteiger partial charge in [-0.1, -0.05) is 23.2 Å². The third-order valence-electron chi connectivity index (χ3n) is 5.72. The SMILES string of the molecule is C[C@@H](CO)Nc1ncc2nc(Nc3ccc(Cl)cc3Cl)n([C@H]3CC[C@H](C(N)=O)CC3)c2n1. The van der Waals surface area contributed by atoms with Crippen LogP contribution in [0, 0.1) is 5.92 Å². The van der Waals surface area contributed by atoms with Crippen molar-refractivity contribution in [3.05, 3.63) is 34.4 Å². The fourth-order valence-electron chi connectivity index (χ4n) is 3.99. The van der Waals surface area contributed by atoms with Crippen molar-refractivity contribution in [3.8, 4) is 0 Å². The monoisotopic (exact) mass is 477 g/mol. The number of fused-ring (bicyclic) bond motifs is 1. The lowest BCUT2D eigenvalue weighted by Gasteiger charge is -2.29. The molecule has 0 bridgehead atoms. The number of nitrogens with two attached hydrogens (primary N) is 1. The number of carbonyl (C=O) groups excluding carboxylic acids is 1. The Morgan fingerprint density at radius 1 is 1.28 bits per heavy atom. The number of aliphatic hydroxyl groups is 1. The molecule has 5 N–H and O–H groups in total. The first-order chi connectivity index (χ1) is 15.4. The van der Waals surface area contributed by atoms with Gasteiger partial charge in [0.2, 0.25) is 17.8 Å². The Labute approximate surface area is 195 Å². The molecule has 0 unspecified atom stereocenters. The third kappa shape index (κ3) is 4.74. The standard InChI is InChI=1S/C21H25Cl2N7O2/c1-11(10-31)26-20-25-9-17-19(29-20)30(14-5-2-12(3-6-14)18(24)32)21(28-17)27-16-7-4-13(22)8-15(16)23/h4,7-9,11-12,14,31H,2-3,5-6,10H2,1H3,(H2,24,32)(H,27,28)(H,25,26,29)/t11-,12-,14-/m0/s1. The zero-order valence-corrected chi connectivity index (χ0v) is 19.1. The number of amides is 1. The number of primary amides is 1. The molecule has 0 saturated heterocycles. The number of rotatable bonds is 7. The van der Waals surface area contributed by atoms with Crippen LogP contribution >= 0.6 is 23.2 Å². The molecule has 0 aliphatic heterocycles. The molecular weight excluding hydrogens is 453 g/mol. The molecule has 32 heavy (non-hydrogen) atoms. The van der Waals surface area contributed by atoms with E-state index in [0.717, 1.165) is 12.8 Å². The number of carbonyl (C=O) groups is 1. The maximum absolute atomic E-state index is 11.6. The zero-order valence-electron chi connectivity index (χ0n) is 17.6. The second-order valence-corrected chi connectivity index (χ2v) is 8.94. The first-order valence-corrected chi connectivity index (χ1v) is 11.2. The normalized spacial score (nSPS) is 19.6. The molecule has 1 amide bonds. The van der Waals surface area contributed by atoms with Gasteiger partial charge in [0.1, 0.15) is 5.52 Å². The van der Waals surface area contributed by atoms with E-state index in [4.69, 9.17) is 33.9 Å². The van der Waals surface area contributed by atoms with Gasteiger partial charge in [0.15, 0.2) is 5.65 Å². The molecule has 1 atom stereocenters. The van der Waals surface area contributed by atoms with Gasteiger partial charge < -0.3 is 21.5 Å². The zero-order chi connectivity index (χ0) is 22.8. The molecule has 0 radical (unpaired) electrons. The van der Waals surface area contributed by atoms with Gasteiger partial charge in [-0.25, -0.2) is 9.97 Å². The van der Waals surface area contributed by atoms with Crippen molar-refractivity contribution in [2.75, 3.05) is 17.2 Å². The molecule has 3 aromatic rings. The number of hydrogen-bond donors (Lipinski definition) is 4. The summed E-state index contributed by atoms with van der Waals surface area (Å²) in [5.74, 6) is 0.618. The predicted molar refractivity (Wildman–Crippen MR) is 125 cm³/mol. The smallest absolute Gasteiger partial charge is 0.225 e. The van der Waals surface area contributed by atoms with Crippen LogP contribution in [0.25, 0.3) is 11.2 Å². The Bertz CT molecular complexity index is 1130. The van der Waals surface area contributed by atoms with Crippen LogP contribution in [0.15, 0.2) is 24.4 Å². The number of benzene rings is 1. The Morgan fingerprint density at radius 3 is 2.69 bits per heavy atom. The van der Waals surface area contributed by atoms with Gasteiger partial charge in [0.25, 0.3) is 0 Å². The van der Waals surface area contributed by atoms with Gasteiger partial charge in [0.05, 0.1) is 23.5 Å². The van der Waals surface area contributed by atoms with Gasteiger partial charge >= 0.3 is 0 Å². The molecule has 1 aromatic carbocycles. The van der Waals surface area contributed by atoms with Crippen molar-refractivity contribution in [2.24, 2.45) is 11.7 Å². The molecule has 1 saturated carbocycles. The molecule has 2 aromatic heterocycles. The van der Waals surface area contributed by atoms with E-state index in [1.165, 1.54) is 0 Å². The van der Waals surface area contributed by atoms with Crippen molar-refractivity contribution in [1.29, 1.82) is 0 Å². The highest BCUT2D eigenvalue weighted by Crippen LogP contribution is 2.38. The van der Waals surface area contributed by atoms with E-state index in [0.29, 0.717) is 51.6 Å². The van der Waals surface area contributed by atoms with E-state index in [1.807, 2.05) is 11.5 Å². The van der Waals surface area contributed by atoms with Crippen LogP contribution < -0.4 is 16.4 Å². The van der Waals surface area contributed by atoms with Crippen LogP contribution in [0.2, 0.25) is 10.0 Å². The summed E-state index contributed by atoms with van der Waals surface area (Å²) in [6.07, 6.45) is 4.59. The summed E-state index contributed by atoms with van der Waals surface area (Å²) < 4.78 is 2.04. The Kier molecular flexibility index (Phi) is 6.68. The largest absolute Gasteiger partial charge is 0.394 e. The minimum atomic E-state index is -0.253. The number of aliphatic hydroxyl groups excluding tert-OH is 1. The average molecular weight is 478 g/mol. The summed E-state index contributed by atoms with van der Waals surface area (Å²) in [4.78, 5) is 25.3. The summed E-state index contributed by atoms with van der Waals surface area (Å²) in [7, 11) is 0. The number of aromatic nitrogens is 4. The highest BCUT2D eigenvalue weighted by Gasteiger charge is 2.29. The maximum atomic E-state index is 11.6. The molecule has 9 nitrogen and oxygen atoms in total. The Hall–Kier alpha value is -2.62. The number of anilines is 3. The molecule has 2 heterocycles. The summed E-state index contributed by atoms with van der Waals surface area (Å²) >= 11 is 12.4. The molecule has 170 valence electrons. The third-order valence-corrected chi connectivity index (χ3v) is 6.27. The lowest BCUT2D eigenvalue weighted by molar-refractivity contribution is -0.122. The quantitative estimate of drug-likeness (QED) is 0.405. The maximum Gasteiger partial charge on any atom is 0.225 e. The van der Waals surface area contributed by atoms with Gasteiger partial charge in [-0.05, 0) is 50.8 Å². The number of imidazole rings is 1. The molecular formula is C21H25Cl2N7O2. The molecule has 4 rings (SSSR count). The van der Waals surface area contributed by atoms with Crippen molar-refractivity contribution < 1.29 is 9.90 Å². The number of nitrogens with zero attached hydrogens (tertiary/aromatic N) is 4. The molecule has 1 fully saturated rings. The fourth-order valence-corrected chi connectivity index (χ4v) is 4.45. The van der Waals surface area contributed by atoms with Gasteiger partial charge in [0, 0.05) is 23.0 Å². The molecule has 1 aliphatic rings. The van der Waals surface area contributed by atoms with Gasteiger partial charge in [-0.3, -0.25) is 9.36 Å². The van der Waals surface area contributed by atoms with E-state index in [2.05, 4.69) is 20.6 Å². The van der Waals surface area contributed by atoms with Crippen LogP contribution in [-0.2, 0) is 4.79 Å². The summed E-state index contributed by atoms with van der Waals surface area (Å²) in [5.41, 5.74) is 7.46. The molecule has 11 heteroatoms. The highest BCUT2D eigenvalue weighted by molar-refractivity contribution is 6.36. The lowest BCUT2D eigenvalue weighted by atomic mass is 9.85. The van der Waals surface area contributed by atoms with Crippen molar-refractivity contribution in [3.63, 3.8) is 0 Å². The number of hydrogen-bond acceptors (Lipinski definition) is 7. The van der Waals surface area contributed by atoms with Gasteiger partial charge in [-0.2, -0.15) is 4.98 Å². The van der Waals surface area contributed by atoms with E-state index >= 15 is 0 Å². The van der Waals surface area contributed by atoms with Crippen molar-refractivity contribution in [1.82, 2.24) is 19.5 Å².